The van der Waals surface area contributed by atoms with Gasteiger partial charge in [0, 0.05) is 6.54 Å². The highest BCUT2D eigenvalue weighted by atomic mass is 14.8. The molecule has 1 N–H and O–H groups in total. The van der Waals surface area contributed by atoms with Crippen molar-refractivity contribution >= 4 is 0 Å². The molecule has 2 aromatic carbocycles. The van der Waals surface area contributed by atoms with Crippen molar-refractivity contribution in [2.75, 3.05) is 6.54 Å². The van der Waals surface area contributed by atoms with Gasteiger partial charge in [-0.3, -0.25) is 0 Å². The third-order valence-electron chi connectivity index (χ3n) is 2.83. The third-order valence-corrected chi connectivity index (χ3v) is 2.83. The fourth-order valence-electron chi connectivity index (χ4n) is 1.89. The highest BCUT2D eigenvalue weighted by Gasteiger charge is 1.93. The molecule has 0 saturated carbocycles. The number of rotatable bonds is 6. The van der Waals surface area contributed by atoms with E-state index in [9.17, 15) is 0 Å². The van der Waals surface area contributed by atoms with E-state index in [0.29, 0.717) is 0 Å². The smallest absolute Gasteiger partial charge is 0.0205 e. The van der Waals surface area contributed by atoms with Crippen molar-refractivity contribution < 1.29 is 0 Å². The van der Waals surface area contributed by atoms with Crippen LogP contribution < -0.4 is 5.32 Å². The lowest BCUT2D eigenvalue weighted by atomic mass is 10.1. The van der Waals surface area contributed by atoms with Gasteiger partial charge in [0.15, 0.2) is 0 Å². The van der Waals surface area contributed by atoms with E-state index in [2.05, 4.69) is 66.0 Å². The molecule has 0 spiro atoms. The number of hydrogen-bond acceptors (Lipinski definition) is 1. The third kappa shape index (κ3) is 4.41. The summed E-state index contributed by atoms with van der Waals surface area (Å²) in [7, 11) is 0. The van der Waals surface area contributed by atoms with Gasteiger partial charge in [-0.05, 0) is 30.5 Å². The summed E-state index contributed by atoms with van der Waals surface area (Å²) in [5, 5.41) is 3.47. The maximum absolute atomic E-state index is 3.47. The number of nitrogens with one attached hydrogen (secondary N) is 1. The molecule has 0 saturated heterocycles. The Kier molecular flexibility index (Phi) is 4.80. The second-order valence-corrected chi connectivity index (χ2v) is 4.25. The lowest BCUT2D eigenvalue weighted by molar-refractivity contribution is 0.649. The van der Waals surface area contributed by atoms with Crippen molar-refractivity contribution in [1.82, 2.24) is 5.32 Å². The van der Waals surface area contributed by atoms with Crippen LogP contribution in [0.1, 0.15) is 17.5 Å². The summed E-state index contributed by atoms with van der Waals surface area (Å²) in [5.41, 5.74) is 2.78. The molecule has 0 atom stereocenters. The molecular formula is C16H19N. The highest BCUT2D eigenvalue weighted by molar-refractivity contribution is 5.15. The first kappa shape index (κ1) is 11.9. The van der Waals surface area contributed by atoms with Gasteiger partial charge < -0.3 is 5.32 Å². The topological polar surface area (TPSA) is 12.0 Å². The molecule has 2 rings (SSSR count). The molecule has 0 aromatic heterocycles. The Morgan fingerprint density at radius 3 is 1.94 bits per heavy atom. The Bertz CT molecular complexity index is 367. The zero-order chi connectivity index (χ0) is 11.8. The van der Waals surface area contributed by atoms with Gasteiger partial charge in [0.1, 0.15) is 0 Å². The van der Waals surface area contributed by atoms with Crippen molar-refractivity contribution in [3.8, 4) is 0 Å². The van der Waals surface area contributed by atoms with Gasteiger partial charge >= 0.3 is 0 Å². The van der Waals surface area contributed by atoms with Gasteiger partial charge in [0.2, 0.25) is 0 Å². The van der Waals surface area contributed by atoms with Gasteiger partial charge in [-0.15, -0.1) is 0 Å². The van der Waals surface area contributed by atoms with Gasteiger partial charge in [0.25, 0.3) is 0 Å². The van der Waals surface area contributed by atoms with Crippen molar-refractivity contribution in [2.45, 2.75) is 19.4 Å². The van der Waals surface area contributed by atoms with Crippen LogP contribution in [0.2, 0.25) is 0 Å². The molecule has 1 nitrogen and oxygen atoms in total. The normalized spacial score (nSPS) is 10.4. The Hall–Kier alpha value is -1.60. The first-order valence-corrected chi connectivity index (χ1v) is 6.24. The van der Waals surface area contributed by atoms with Crippen LogP contribution in [0, 0.1) is 0 Å². The van der Waals surface area contributed by atoms with Crippen molar-refractivity contribution in [3.63, 3.8) is 0 Å². The molecule has 0 amide bonds. The summed E-state index contributed by atoms with van der Waals surface area (Å²) >= 11 is 0. The van der Waals surface area contributed by atoms with E-state index in [0.717, 1.165) is 19.5 Å². The van der Waals surface area contributed by atoms with E-state index >= 15 is 0 Å². The van der Waals surface area contributed by atoms with E-state index in [1.54, 1.807) is 0 Å². The average molecular weight is 225 g/mol. The fourth-order valence-corrected chi connectivity index (χ4v) is 1.89. The predicted molar refractivity (Wildman–Crippen MR) is 72.9 cm³/mol. The molecule has 88 valence electrons. The molecule has 0 bridgehead atoms. The Balaban J connectivity index is 1.61. The second kappa shape index (κ2) is 6.87. The second-order valence-electron chi connectivity index (χ2n) is 4.25. The quantitative estimate of drug-likeness (QED) is 0.743. The average Bonchev–Trinajstić information content (AvgIpc) is 2.41. The number of benzene rings is 2. The lowest BCUT2D eigenvalue weighted by Crippen LogP contribution is -2.15. The predicted octanol–water partition coefficient (Wildman–Crippen LogP) is 3.41. The van der Waals surface area contributed by atoms with Crippen LogP contribution in [0.5, 0.6) is 0 Å². The molecular weight excluding hydrogens is 206 g/mol. The molecule has 17 heavy (non-hydrogen) atoms. The molecule has 0 radical (unpaired) electrons. The lowest BCUT2D eigenvalue weighted by Gasteiger charge is -2.05. The largest absolute Gasteiger partial charge is 0.313 e. The van der Waals surface area contributed by atoms with Gasteiger partial charge in [-0.1, -0.05) is 60.7 Å². The van der Waals surface area contributed by atoms with Gasteiger partial charge in [0.05, 0.1) is 0 Å². The minimum atomic E-state index is 0.968. The highest BCUT2D eigenvalue weighted by Crippen LogP contribution is 2.02. The summed E-state index contributed by atoms with van der Waals surface area (Å²) < 4.78 is 0. The monoisotopic (exact) mass is 225 g/mol. The Labute approximate surface area is 103 Å². The van der Waals surface area contributed by atoms with Crippen LogP contribution in [0.3, 0.4) is 0 Å². The molecule has 0 fully saturated rings. The van der Waals surface area contributed by atoms with Gasteiger partial charge in [-0.2, -0.15) is 0 Å². The Morgan fingerprint density at radius 2 is 1.29 bits per heavy atom. The molecule has 1 heteroatoms. The first-order valence-electron chi connectivity index (χ1n) is 6.24. The summed E-state index contributed by atoms with van der Waals surface area (Å²) in [5.74, 6) is 0. The Morgan fingerprint density at radius 1 is 0.706 bits per heavy atom. The molecule has 0 aliphatic heterocycles. The summed E-state index contributed by atoms with van der Waals surface area (Å²) in [6.45, 7) is 2.04. The minimum Gasteiger partial charge on any atom is -0.313 e. The number of aryl methyl sites for hydroxylation is 1. The standard InChI is InChI=1S/C16H19N/c1-3-8-15(9-4-1)12-7-13-17-14-16-10-5-2-6-11-16/h1-6,8-11,17H,7,12-14H2. The summed E-state index contributed by atoms with van der Waals surface area (Å²) in [4.78, 5) is 0. The van der Waals surface area contributed by atoms with Crippen molar-refractivity contribution in [1.29, 1.82) is 0 Å². The zero-order valence-electron chi connectivity index (χ0n) is 10.1. The van der Waals surface area contributed by atoms with E-state index < -0.39 is 0 Å². The van der Waals surface area contributed by atoms with Crippen molar-refractivity contribution in [3.05, 3.63) is 71.8 Å². The van der Waals surface area contributed by atoms with Gasteiger partial charge in [-0.25, -0.2) is 0 Å². The first-order chi connectivity index (χ1) is 8.45. The van der Waals surface area contributed by atoms with Crippen molar-refractivity contribution in [2.24, 2.45) is 0 Å². The molecule has 0 aliphatic rings. The van der Waals surface area contributed by atoms with Crippen LogP contribution in [-0.4, -0.2) is 6.54 Å². The van der Waals surface area contributed by atoms with E-state index in [1.807, 2.05) is 0 Å². The van der Waals surface area contributed by atoms with Crippen LogP contribution >= 0.6 is 0 Å². The van der Waals surface area contributed by atoms with E-state index in [1.165, 1.54) is 17.5 Å². The van der Waals surface area contributed by atoms with Crippen LogP contribution in [0.4, 0.5) is 0 Å². The summed E-state index contributed by atoms with van der Waals surface area (Å²) in [6, 6.07) is 21.2. The zero-order valence-corrected chi connectivity index (χ0v) is 10.1. The fraction of sp³-hybridized carbons (Fsp3) is 0.250. The van der Waals surface area contributed by atoms with E-state index in [-0.39, 0.29) is 0 Å². The minimum absolute atomic E-state index is 0.968. The molecule has 2 aromatic rings. The maximum atomic E-state index is 3.47. The molecule has 0 aliphatic carbocycles. The number of hydrogen-bond donors (Lipinski definition) is 1. The SMILES string of the molecule is c1ccc(CCCNCc2ccccc2)cc1. The van der Waals surface area contributed by atoms with Crippen LogP contribution in [0.25, 0.3) is 0 Å². The molecule has 0 unspecified atom stereocenters. The van der Waals surface area contributed by atoms with E-state index in [4.69, 9.17) is 0 Å². The van der Waals surface area contributed by atoms with Crippen LogP contribution in [-0.2, 0) is 13.0 Å². The van der Waals surface area contributed by atoms with Crippen LogP contribution in [0.15, 0.2) is 60.7 Å². The summed E-state index contributed by atoms with van der Waals surface area (Å²) in [6.07, 6.45) is 2.35. The molecule has 0 heterocycles. The maximum Gasteiger partial charge on any atom is 0.0205 e.